The number of methoxy groups -OCH3 is 2. The molecular weight excluding hydrogens is 448 g/mol. The maximum atomic E-state index is 13.5. The Morgan fingerprint density at radius 1 is 1.13 bits per heavy atom. The van der Waals surface area contributed by atoms with E-state index in [-0.39, 0.29) is 39.2 Å². The Morgan fingerprint density at radius 3 is 2.29 bits per heavy atom. The second-order valence-electron chi connectivity index (χ2n) is 6.83. The number of Topliss-reactive ketones (excluding diaryl/α,β-unsaturated/α-hetero) is 1. The zero-order valence-corrected chi connectivity index (χ0v) is 18.6. The fourth-order valence-electron chi connectivity index (χ4n) is 3.63. The molecule has 0 aromatic heterocycles. The third-order valence-electron chi connectivity index (χ3n) is 4.98. The summed E-state index contributed by atoms with van der Waals surface area (Å²) in [5.41, 5.74) is 0.334. The van der Waals surface area contributed by atoms with Gasteiger partial charge in [0.05, 0.1) is 36.4 Å². The van der Waals surface area contributed by atoms with Crippen molar-refractivity contribution in [2.24, 2.45) is 0 Å². The highest BCUT2D eigenvalue weighted by molar-refractivity contribution is 6.47. The molecule has 1 fully saturated rings. The summed E-state index contributed by atoms with van der Waals surface area (Å²) in [7, 11) is 2.70. The number of amides is 1. The van der Waals surface area contributed by atoms with Gasteiger partial charge in [-0.25, -0.2) is 4.39 Å². The van der Waals surface area contributed by atoms with E-state index >= 15 is 0 Å². The van der Waals surface area contributed by atoms with Crippen molar-refractivity contribution in [2.75, 3.05) is 20.8 Å². The Bertz CT molecular complexity index is 1070. The number of aliphatic hydroxyl groups excluding tert-OH is 1. The zero-order chi connectivity index (χ0) is 22.9. The molecule has 0 aliphatic carbocycles. The molecule has 9 heteroatoms. The molecule has 1 amide bonds. The van der Waals surface area contributed by atoms with E-state index < -0.39 is 29.3 Å². The van der Waals surface area contributed by atoms with Crippen LogP contribution in [0.2, 0.25) is 10.0 Å². The normalized spacial score (nSPS) is 17.9. The van der Waals surface area contributed by atoms with Crippen LogP contribution in [0.1, 0.15) is 30.5 Å². The van der Waals surface area contributed by atoms with E-state index in [9.17, 15) is 19.1 Å². The maximum Gasteiger partial charge on any atom is 0.295 e. The van der Waals surface area contributed by atoms with Gasteiger partial charge in [-0.3, -0.25) is 9.59 Å². The Kier molecular flexibility index (Phi) is 6.77. The standard InChI is InChI=1S/C22H20Cl2FNO5/c1-4-9-26-17(11-5-7-12(25)8-6-11)15(19(28)22(26)29)18(27)13-10-14(23)21(31-3)16(24)20(13)30-2/h5-8,10,17,27H,4,9H2,1-3H3/b18-15+. The molecule has 0 radical (unpaired) electrons. The predicted molar refractivity (Wildman–Crippen MR) is 115 cm³/mol. The molecule has 1 unspecified atom stereocenters. The first-order valence-electron chi connectivity index (χ1n) is 9.40. The first-order chi connectivity index (χ1) is 14.8. The van der Waals surface area contributed by atoms with Crippen molar-refractivity contribution < 1.29 is 28.6 Å². The van der Waals surface area contributed by atoms with Gasteiger partial charge in [-0.05, 0) is 30.2 Å². The summed E-state index contributed by atoms with van der Waals surface area (Å²) in [6.45, 7) is 2.12. The van der Waals surface area contributed by atoms with Crippen molar-refractivity contribution in [1.82, 2.24) is 4.90 Å². The number of aliphatic hydroxyl groups is 1. The van der Waals surface area contributed by atoms with Gasteiger partial charge < -0.3 is 19.5 Å². The van der Waals surface area contributed by atoms with E-state index in [4.69, 9.17) is 32.7 Å². The zero-order valence-electron chi connectivity index (χ0n) is 17.0. The predicted octanol–water partition coefficient (Wildman–Crippen LogP) is 4.98. The van der Waals surface area contributed by atoms with Crippen LogP contribution in [0.25, 0.3) is 5.76 Å². The molecule has 164 valence electrons. The number of hydrogen-bond acceptors (Lipinski definition) is 5. The molecule has 0 spiro atoms. The van der Waals surface area contributed by atoms with Crippen LogP contribution < -0.4 is 9.47 Å². The average Bonchev–Trinajstić information content (AvgIpc) is 2.99. The van der Waals surface area contributed by atoms with Crippen LogP contribution in [0.4, 0.5) is 4.39 Å². The largest absolute Gasteiger partial charge is 0.507 e. The molecule has 6 nitrogen and oxygen atoms in total. The van der Waals surface area contributed by atoms with Gasteiger partial charge in [0, 0.05) is 6.54 Å². The number of likely N-dealkylation sites (tertiary alicyclic amines) is 1. The summed E-state index contributed by atoms with van der Waals surface area (Å²) >= 11 is 12.5. The Morgan fingerprint density at radius 2 is 1.74 bits per heavy atom. The van der Waals surface area contributed by atoms with E-state index in [1.807, 2.05) is 6.92 Å². The van der Waals surface area contributed by atoms with Gasteiger partial charge in [0.2, 0.25) is 0 Å². The smallest absolute Gasteiger partial charge is 0.295 e. The van der Waals surface area contributed by atoms with Gasteiger partial charge in [0.1, 0.15) is 16.6 Å². The highest BCUT2D eigenvalue weighted by Gasteiger charge is 2.46. The number of carbonyl (C=O) groups is 2. The maximum absolute atomic E-state index is 13.5. The van der Waals surface area contributed by atoms with Crippen LogP contribution in [0.15, 0.2) is 35.9 Å². The van der Waals surface area contributed by atoms with E-state index in [0.717, 1.165) is 0 Å². The third kappa shape index (κ3) is 3.95. The number of rotatable bonds is 6. The van der Waals surface area contributed by atoms with E-state index in [0.29, 0.717) is 12.0 Å². The molecule has 1 aliphatic heterocycles. The Balaban J connectivity index is 2.30. The lowest BCUT2D eigenvalue weighted by Crippen LogP contribution is -2.30. The minimum atomic E-state index is -0.912. The number of ether oxygens (including phenoxy) is 2. The molecule has 2 aromatic rings. The molecule has 3 rings (SSSR count). The Labute approximate surface area is 188 Å². The summed E-state index contributed by atoms with van der Waals surface area (Å²) in [5, 5.41) is 11.3. The molecule has 1 atom stereocenters. The number of hydrogen-bond donors (Lipinski definition) is 1. The van der Waals surface area contributed by atoms with Gasteiger partial charge in [-0.1, -0.05) is 42.3 Å². The Hall–Kier alpha value is -2.77. The quantitative estimate of drug-likeness (QED) is 0.368. The molecule has 1 saturated heterocycles. The van der Waals surface area contributed by atoms with Crippen LogP contribution >= 0.6 is 23.2 Å². The van der Waals surface area contributed by atoms with Crippen molar-refractivity contribution in [3.63, 3.8) is 0 Å². The fraction of sp³-hybridized carbons (Fsp3) is 0.273. The van der Waals surface area contributed by atoms with E-state index in [1.54, 1.807) is 0 Å². The fourth-order valence-corrected chi connectivity index (χ4v) is 4.32. The summed E-state index contributed by atoms with van der Waals surface area (Å²) < 4.78 is 24.0. The number of nitrogens with zero attached hydrogens (tertiary/aromatic N) is 1. The van der Waals surface area contributed by atoms with Crippen molar-refractivity contribution >= 4 is 40.7 Å². The summed E-state index contributed by atoms with van der Waals surface area (Å²) in [4.78, 5) is 27.0. The average molecular weight is 468 g/mol. The number of ketones is 1. The van der Waals surface area contributed by atoms with Crippen LogP contribution in [0.3, 0.4) is 0 Å². The van der Waals surface area contributed by atoms with E-state index in [2.05, 4.69) is 0 Å². The monoisotopic (exact) mass is 467 g/mol. The van der Waals surface area contributed by atoms with Crippen LogP contribution in [-0.2, 0) is 9.59 Å². The lowest BCUT2D eigenvalue weighted by atomic mass is 9.95. The SMILES string of the molecule is CCCN1C(=O)C(=O)/C(=C(/O)c2cc(Cl)c(OC)c(Cl)c2OC)C1c1ccc(F)cc1. The molecule has 31 heavy (non-hydrogen) atoms. The van der Waals surface area contributed by atoms with Crippen LogP contribution in [-0.4, -0.2) is 42.5 Å². The lowest BCUT2D eigenvalue weighted by Gasteiger charge is -2.25. The highest BCUT2D eigenvalue weighted by Crippen LogP contribution is 2.47. The molecule has 1 aliphatic rings. The van der Waals surface area contributed by atoms with Crippen molar-refractivity contribution in [3.8, 4) is 11.5 Å². The first kappa shape index (κ1) is 22.9. The second-order valence-corrected chi connectivity index (χ2v) is 7.62. The molecular formula is C22H20Cl2FNO5. The first-order valence-corrected chi connectivity index (χ1v) is 10.2. The minimum absolute atomic E-state index is 0.000156. The number of halogens is 3. The topological polar surface area (TPSA) is 76.1 Å². The van der Waals surface area contributed by atoms with Crippen molar-refractivity contribution in [2.45, 2.75) is 19.4 Å². The number of carbonyl (C=O) groups excluding carboxylic acids is 2. The van der Waals surface area contributed by atoms with E-state index in [1.165, 1.54) is 49.5 Å². The highest BCUT2D eigenvalue weighted by atomic mass is 35.5. The van der Waals surface area contributed by atoms with Crippen LogP contribution in [0.5, 0.6) is 11.5 Å². The molecule has 0 saturated carbocycles. The second kappa shape index (κ2) is 9.16. The lowest BCUT2D eigenvalue weighted by molar-refractivity contribution is -0.139. The summed E-state index contributed by atoms with van der Waals surface area (Å²) in [5.74, 6) is -2.44. The molecule has 0 bridgehead atoms. The van der Waals surface area contributed by atoms with Gasteiger partial charge in [-0.15, -0.1) is 0 Å². The molecule has 2 aromatic carbocycles. The van der Waals surface area contributed by atoms with Crippen molar-refractivity contribution in [1.29, 1.82) is 0 Å². The summed E-state index contributed by atoms with van der Waals surface area (Å²) in [6.07, 6.45) is 0.578. The molecule has 1 N–H and O–H groups in total. The van der Waals surface area contributed by atoms with Gasteiger partial charge in [-0.2, -0.15) is 0 Å². The summed E-state index contributed by atoms with van der Waals surface area (Å²) in [6, 6.07) is 5.81. The van der Waals surface area contributed by atoms with Crippen molar-refractivity contribution in [3.05, 3.63) is 62.9 Å². The van der Waals surface area contributed by atoms with Crippen LogP contribution in [0, 0.1) is 5.82 Å². The van der Waals surface area contributed by atoms with Gasteiger partial charge >= 0.3 is 0 Å². The minimum Gasteiger partial charge on any atom is -0.507 e. The molecule has 1 heterocycles. The number of benzene rings is 2. The third-order valence-corrected chi connectivity index (χ3v) is 5.61. The van der Waals surface area contributed by atoms with Gasteiger partial charge in [0.25, 0.3) is 11.7 Å². The van der Waals surface area contributed by atoms with Gasteiger partial charge in [0.15, 0.2) is 11.5 Å².